The van der Waals surface area contributed by atoms with Crippen LogP contribution in [0.5, 0.6) is 0 Å². The Labute approximate surface area is 201 Å². The molecule has 0 radical (unpaired) electrons. The van der Waals surface area contributed by atoms with Gasteiger partial charge in [0.1, 0.15) is 12.6 Å². The van der Waals surface area contributed by atoms with Crippen LogP contribution in [0.4, 0.5) is 5.69 Å². The van der Waals surface area contributed by atoms with Crippen molar-refractivity contribution in [2.75, 3.05) is 23.7 Å². The lowest BCUT2D eigenvalue weighted by molar-refractivity contribution is -0.139. The van der Waals surface area contributed by atoms with Gasteiger partial charge in [0.25, 0.3) is 0 Å². The van der Waals surface area contributed by atoms with Crippen molar-refractivity contribution in [3.8, 4) is 0 Å². The highest BCUT2D eigenvalue weighted by atomic mass is 35.5. The molecule has 0 aromatic heterocycles. The molecule has 1 N–H and O–H groups in total. The molecular weight excluding hydrogens is 462 g/mol. The summed E-state index contributed by atoms with van der Waals surface area (Å²) in [6.45, 7) is 5.35. The SMILES string of the molecule is CCC(C(=O)NC(C)C)N(CCc1ccccc1)C(=O)CN(c1ccccc1Cl)S(C)(=O)=O. The first kappa shape index (κ1) is 26.7. The van der Waals surface area contributed by atoms with Crippen molar-refractivity contribution in [2.45, 2.75) is 45.7 Å². The first-order valence-corrected chi connectivity index (χ1v) is 13.1. The molecule has 0 saturated carbocycles. The number of anilines is 1. The third kappa shape index (κ3) is 7.75. The van der Waals surface area contributed by atoms with E-state index in [0.717, 1.165) is 16.1 Å². The summed E-state index contributed by atoms with van der Waals surface area (Å²) in [4.78, 5) is 27.9. The van der Waals surface area contributed by atoms with Gasteiger partial charge < -0.3 is 10.2 Å². The molecule has 0 heterocycles. The Hall–Kier alpha value is -2.58. The molecule has 9 heteroatoms. The molecule has 0 bridgehead atoms. The highest BCUT2D eigenvalue weighted by Gasteiger charge is 2.32. The van der Waals surface area contributed by atoms with Gasteiger partial charge in [0.2, 0.25) is 21.8 Å². The summed E-state index contributed by atoms with van der Waals surface area (Å²) in [5.74, 6) is -0.736. The highest BCUT2D eigenvalue weighted by molar-refractivity contribution is 7.92. The predicted molar refractivity (Wildman–Crippen MR) is 133 cm³/mol. The number of rotatable bonds is 11. The van der Waals surface area contributed by atoms with Gasteiger partial charge >= 0.3 is 0 Å². The Kier molecular flexibility index (Phi) is 9.73. The molecule has 180 valence electrons. The van der Waals surface area contributed by atoms with Crippen LogP contribution in [0.15, 0.2) is 54.6 Å². The van der Waals surface area contributed by atoms with E-state index in [4.69, 9.17) is 11.6 Å². The van der Waals surface area contributed by atoms with Crippen LogP contribution in [-0.2, 0) is 26.0 Å². The largest absolute Gasteiger partial charge is 0.352 e. The second-order valence-electron chi connectivity index (χ2n) is 8.13. The van der Waals surface area contributed by atoms with E-state index < -0.39 is 28.5 Å². The van der Waals surface area contributed by atoms with Gasteiger partial charge in [0.05, 0.1) is 17.0 Å². The number of nitrogens with zero attached hydrogens (tertiary/aromatic N) is 2. The Morgan fingerprint density at radius 2 is 1.64 bits per heavy atom. The van der Waals surface area contributed by atoms with Crippen LogP contribution in [0.3, 0.4) is 0 Å². The van der Waals surface area contributed by atoms with Crippen LogP contribution in [0.25, 0.3) is 0 Å². The maximum atomic E-state index is 13.5. The van der Waals surface area contributed by atoms with Gasteiger partial charge in [0.15, 0.2) is 0 Å². The zero-order valence-corrected chi connectivity index (χ0v) is 21.1. The van der Waals surface area contributed by atoms with Gasteiger partial charge in [0, 0.05) is 12.6 Å². The van der Waals surface area contributed by atoms with Crippen LogP contribution in [0.1, 0.15) is 32.8 Å². The molecule has 7 nitrogen and oxygen atoms in total. The number of benzene rings is 2. The summed E-state index contributed by atoms with van der Waals surface area (Å²) in [5, 5.41) is 3.08. The van der Waals surface area contributed by atoms with Crippen molar-refractivity contribution in [1.29, 1.82) is 0 Å². The third-order valence-corrected chi connectivity index (χ3v) is 6.55. The minimum Gasteiger partial charge on any atom is -0.352 e. The Morgan fingerprint density at radius 1 is 1.03 bits per heavy atom. The third-order valence-electron chi connectivity index (χ3n) is 5.10. The molecule has 1 unspecified atom stereocenters. The average molecular weight is 494 g/mol. The summed E-state index contributed by atoms with van der Waals surface area (Å²) in [6.07, 6.45) is 1.95. The number of para-hydroxylation sites is 1. The average Bonchev–Trinajstić information content (AvgIpc) is 2.74. The lowest BCUT2D eigenvalue weighted by Crippen LogP contribution is -2.54. The minimum absolute atomic E-state index is 0.0896. The van der Waals surface area contributed by atoms with Crippen molar-refractivity contribution in [1.82, 2.24) is 10.2 Å². The van der Waals surface area contributed by atoms with Crippen molar-refractivity contribution in [3.05, 3.63) is 65.2 Å². The van der Waals surface area contributed by atoms with Crippen molar-refractivity contribution in [2.24, 2.45) is 0 Å². The Bertz CT molecular complexity index is 1040. The van der Waals surface area contributed by atoms with Crippen LogP contribution >= 0.6 is 11.6 Å². The second-order valence-corrected chi connectivity index (χ2v) is 10.4. The van der Waals surface area contributed by atoms with Crippen LogP contribution in [-0.4, -0.2) is 56.6 Å². The van der Waals surface area contributed by atoms with Crippen LogP contribution in [0.2, 0.25) is 5.02 Å². The number of hydrogen-bond acceptors (Lipinski definition) is 4. The van der Waals surface area contributed by atoms with E-state index in [1.54, 1.807) is 24.3 Å². The molecule has 0 fully saturated rings. The topological polar surface area (TPSA) is 86.8 Å². The normalized spacial score (nSPS) is 12.3. The monoisotopic (exact) mass is 493 g/mol. The van der Waals surface area contributed by atoms with E-state index in [1.807, 2.05) is 51.1 Å². The minimum atomic E-state index is -3.81. The smallest absolute Gasteiger partial charge is 0.244 e. The van der Waals surface area contributed by atoms with Gasteiger partial charge in [-0.1, -0.05) is 61.0 Å². The molecule has 1 atom stereocenters. The van der Waals surface area contributed by atoms with Crippen molar-refractivity contribution < 1.29 is 18.0 Å². The Morgan fingerprint density at radius 3 is 2.18 bits per heavy atom. The molecule has 0 saturated heterocycles. The van der Waals surface area contributed by atoms with E-state index >= 15 is 0 Å². The lowest BCUT2D eigenvalue weighted by Gasteiger charge is -2.33. The number of nitrogens with one attached hydrogen (secondary N) is 1. The van der Waals surface area contributed by atoms with E-state index in [0.29, 0.717) is 12.8 Å². The fourth-order valence-corrected chi connectivity index (χ4v) is 4.67. The zero-order chi connectivity index (χ0) is 24.6. The predicted octanol–water partition coefficient (Wildman–Crippen LogP) is 3.48. The van der Waals surface area contributed by atoms with E-state index in [-0.39, 0.29) is 29.2 Å². The molecule has 0 aliphatic heterocycles. The van der Waals surface area contributed by atoms with Crippen LogP contribution in [0, 0.1) is 0 Å². The van der Waals surface area contributed by atoms with Gasteiger partial charge in [-0.05, 0) is 44.4 Å². The highest BCUT2D eigenvalue weighted by Crippen LogP contribution is 2.27. The quantitative estimate of drug-likeness (QED) is 0.519. The summed E-state index contributed by atoms with van der Waals surface area (Å²) < 4.78 is 26.1. The zero-order valence-electron chi connectivity index (χ0n) is 19.5. The Balaban J connectivity index is 2.37. The number of halogens is 1. The number of sulfonamides is 1. The number of amides is 2. The maximum Gasteiger partial charge on any atom is 0.244 e. The van der Waals surface area contributed by atoms with Gasteiger partial charge in [-0.25, -0.2) is 8.42 Å². The van der Waals surface area contributed by atoms with E-state index in [2.05, 4.69) is 5.32 Å². The molecule has 2 aromatic carbocycles. The lowest BCUT2D eigenvalue weighted by atomic mass is 10.1. The van der Waals surface area contributed by atoms with Gasteiger partial charge in [-0.3, -0.25) is 13.9 Å². The van der Waals surface area contributed by atoms with E-state index in [1.165, 1.54) is 4.90 Å². The molecule has 2 aromatic rings. The molecule has 0 aliphatic carbocycles. The van der Waals surface area contributed by atoms with Gasteiger partial charge in [-0.15, -0.1) is 0 Å². The molecule has 0 aliphatic rings. The number of hydrogen-bond donors (Lipinski definition) is 1. The first-order chi connectivity index (χ1) is 15.5. The second kappa shape index (κ2) is 12.0. The maximum absolute atomic E-state index is 13.5. The molecule has 0 spiro atoms. The van der Waals surface area contributed by atoms with Crippen LogP contribution < -0.4 is 9.62 Å². The number of carbonyl (C=O) groups excluding carboxylic acids is 2. The summed E-state index contributed by atoms with van der Waals surface area (Å²) in [5.41, 5.74) is 1.23. The van der Waals surface area contributed by atoms with Crippen molar-refractivity contribution >= 4 is 39.1 Å². The fraction of sp³-hybridized carbons (Fsp3) is 0.417. The molecular formula is C24H32ClN3O4S. The van der Waals surface area contributed by atoms with Gasteiger partial charge in [-0.2, -0.15) is 0 Å². The van der Waals surface area contributed by atoms with Crippen molar-refractivity contribution in [3.63, 3.8) is 0 Å². The fourth-order valence-electron chi connectivity index (χ4n) is 3.53. The molecule has 2 rings (SSSR count). The molecule has 33 heavy (non-hydrogen) atoms. The van der Waals surface area contributed by atoms with E-state index in [9.17, 15) is 18.0 Å². The summed E-state index contributed by atoms with van der Waals surface area (Å²) >= 11 is 6.23. The summed E-state index contributed by atoms with van der Waals surface area (Å²) in [6, 6.07) is 15.3. The first-order valence-electron chi connectivity index (χ1n) is 10.9. The molecule has 2 amide bonds. The standard InChI is InChI=1S/C24H32ClN3O4S/c1-5-21(24(30)26-18(2)3)27(16-15-19-11-7-6-8-12-19)23(29)17-28(33(4,31)32)22-14-10-9-13-20(22)25/h6-14,18,21H,5,15-17H2,1-4H3,(H,26,30). The summed E-state index contributed by atoms with van der Waals surface area (Å²) in [7, 11) is -3.81. The number of carbonyl (C=O) groups is 2.